The van der Waals surface area contributed by atoms with Crippen molar-refractivity contribution in [2.24, 2.45) is 11.3 Å². The second kappa shape index (κ2) is 5.31. The van der Waals surface area contributed by atoms with E-state index in [0.717, 1.165) is 12.2 Å². The van der Waals surface area contributed by atoms with Crippen LogP contribution in [0.15, 0.2) is 12.2 Å². The number of methoxy groups -OCH3 is 1. The number of carbonyl (C=O) groups excluding carboxylic acids is 1. The molecule has 0 aromatic rings. The lowest BCUT2D eigenvalue weighted by atomic mass is 9.83. The Morgan fingerprint density at radius 3 is 2.65 bits per heavy atom. The van der Waals surface area contributed by atoms with E-state index < -0.39 is 5.97 Å². The number of rotatable bonds is 4. The van der Waals surface area contributed by atoms with E-state index in [2.05, 4.69) is 13.8 Å². The first-order valence-electron chi connectivity index (χ1n) is 5.55. The highest BCUT2D eigenvalue weighted by Crippen LogP contribution is 2.35. The van der Waals surface area contributed by atoms with E-state index in [9.17, 15) is 9.59 Å². The van der Waals surface area contributed by atoms with Crippen molar-refractivity contribution in [3.8, 4) is 0 Å². The number of carboxylic acids is 1. The van der Waals surface area contributed by atoms with E-state index in [1.54, 1.807) is 12.0 Å². The average molecular weight is 241 g/mol. The van der Waals surface area contributed by atoms with Crippen LogP contribution in [0, 0.1) is 11.3 Å². The number of hydrogen-bond acceptors (Lipinski definition) is 3. The predicted molar refractivity (Wildman–Crippen MR) is 62.5 cm³/mol. The van der Waals surface area contributed by atoms with Gasteiger partial charge in [-0.15, -0.1) is 0 Å². The van der Waals surface area contributed by atoms with Crippen molar-refractivity contribution in [2.75, 3.05) is 26.8 Å². The highest BCUT2D eigenvalue weighted by Gasteiger charge is 2.40. The molecule has 0 aromatic carbocycles. The maximum Gasteiger partial charge on any atom is 0.328 e. The van der Waals surface area contributed by atoms with Crippen LogP contribution >= 0.6 is 0 Å². The second-order valence-electron chi connectivity index (χ2n) is 5.03. The zero-order valence-electron chi connectivity index (χ0n) is 10.5. The predicted octanol–water partition coefficient (Wildman–Crippen LogP) is 0.758. The number of hydrogen-bond donors (Lipinski definition) is 1. The first-order chi connectivity index (χ1) is 7.86. The summed E-state index contributed by atoms with van der Waals surface area (Å²) in [6.45, 7) is 6.03. The summed E-state index contributed by atoms with van der Waals surface area (Å²) in [6.07, 6.45) is 1.98. The molecule has 1 aliphatic rings. The van der Waals surface area contributed by atoms with Crippen molar-refractivity contribution in [1.29, 1.82) is 0 Å². The Morgan fingerprint density at radius 1 is 1.47 bits per heavy atom. The van der Waals surface area contributed by atoms with Crippen LogP contribution in [-0.4, -0.2) is 48.7 Å². The minimum atomic E-state index is -1.11. The van der Waals surface area contributed by atoms with Crippen LogP contribution in [0.25, 0.3) is 0 Å². The molecule has 1 fully saturated rings. The molecule has 0 spiro atoms. The Labute approximate surface area is 101 Å². The molecule has 0 aliphatic carbocycles. The third-order valence-corrected chi connectivity index (χ3v) is 3.19. The number of ether oxygens (including phenoxy) is 1. The first-order valence-corrected chi connectivity index (χ1v) is 5.55. The van der Waals surface area contributed by atoms with Gasteiger partial charge in [0.25, 0.3) is 0 Å². The van der Waals surface area contributed by atoms with Gasteiger partial charge in [0, 0.05) is 38.3 Å². The van der Waals surface area contributed by atoms with Gasteiger partial charge in [-0.05, 0) is 5.41 Å². The molecule has 0 saturated carbocycles. The minimum absolute atomic E-state index is 0.00271. The lowest BCUT2D eigenvalue weighted by molar-refractivity contribution is -0.132. The van der Waals surface area contributed by atoms with Crippen LogP contribution in [0.4, 0.5) is 0 Å². The van der Waals surface area contributed by atoms with Crippen LogP contribution in [0.3, 0.4) is 0 Å². The molecule has 5 nitrogen and oxygen atoms in total. The van der Waals surface area contributed by atoms with Gasteiger partial charge in [-0.1, -0.05) is 13.8 Å². The fourth-order valence-electron chi connectivity index (χ4n) is 2.09. The summed E-state index contributed by atoms with van der Waals surface area (Å²) in [5.74, 6) is -1.07. The zero-order valence-corrected chi connectivity index (χ0v) is 10.5. The molecule has 0 aromatic heterocycles. The van der Waals surface area contributed by atoms with Gasteiger partial charge in [0.15, 0.2) is 0 Å². The number of carboxylic acid groups (broad SMARTS) is 1. The number of carbonyl (C=O) groups is 2. The molecule has 17 heavy (non-hydrogen) atoms. The van der Waals surface area contributed by atoms with Crippen LogP contribution in [0.5, 0.6) is 0 Å². The maximum atomic E-state index is 11.7. The smallest absolute Gasteiger partial charge is 0.328 e. The lowest BCUT2D eigenvalue weighted by Crippen LogP contribution is -2.28. The molecule has 1 amide bonds. The van der Waals surface area contributed by atoms with Crippen molar-refractivity contribution in [1.82, 2.24) is 4.90 Å². The minimum Gasteiger partial charge on any atom is -0.478 e. The molecule has 5 heteroatoms. The number of nitrogens with zero attached hydrogens (tertiary/aromatic N) is 1. The topological polar surface area (TPSA) is 66.8 Å². The zero-order chi connectivity index (χ0) is 13.1. The van der Waals surface area contributed by atoms with Gasteiger partial charge < -0.3 is 14.7 Å². The number of likely N-dealkylation sites (tertiary alicyclic amines) is 1. The summed E-state index contributed by atoms with van der Waals surface area (Å²) >= 11 is 0. The maximum absolute atomic E-state index is 11.7. The normalized spacial score (nSPS) is 23.2. The largest absolute Gasteiger partial charge is 0.478 e. The fourth-order valence-corrected chi connectivity index (χ4v) is 2.09. The molecule has 0 bridgehead atoms. The molecule has 96 valence electrons. The molecule has 1 aliphatic heterocycles. The highest BCUT2D eigenvalue weighted by molar-refractivity contribution is 5.94. The molecule has 0 radical (unpaired) electrons. The molecule has 1 N–H and O–H groups in total. The van der Waals surface area contributed by atoms with Crippen molar-refractivity contribution < 1.29 is 19.4 Å². The van der Waals surface area contributed by atoms with E-state index in [1.165, 1.54) is 0 Å². The third-order valence-electron chi connectivity index (χ3n) is 3.19. The molecule has 0 unspecified atom stereocenters. The van der Waals surface area contributed by atoms with E-state index in [4.69, 9.17) is 9.84 Å². The van der Waals surface area contributed by atoms with Crippen LogP contribution in [0.2, 0.25) is 0 Å². The average Bonchev–Trinajstić information content (AvgIpc) is 2.52. The van der Waals surface area contributed by atoms with Gasteiger partial charge in [-0.3, -0.25) is 4.79 Å². The standard InChI is InChI=1S/C12H19NO4/c1-12(2)8-13(6-9(12)7-17-3)10(14)4-5-11(15)16/h4-5,9H,6-8H2,1-3H3,(H,15,16)/b5-4+/t9-/m1/s1. The Bertz CT molecular complexity index is 335. The van der Waals surface area contributed by atoms with Crippen molar-refractivity contribution in [2.45, 2.75) is 13.8 Å². The van der Waals surface area contributed by atoms with Crippen molar-refractivity contribution >= 4 is 11.9 Å². The molecule has 1 saturated heterocycles. The molecular weight excluding hydrogens is 222 g/mol. The van der Waals surface area contributed by atoms with Gasteiger partial charge in [-0.25, -0.2) is 4.79 Å². The van der Waals surface area contributed by atoms with E-state index in [-0.39, 0.29) is 17.2 Å². The Hall–Kier alpha value is -1.36. The lowest BCUT2D eigenvalue weighted by Gasteiger charge is -2.24. The summed E-state index contributed by atoms with van der Waals surface area (Å²) in [6, 6.07) is 0. The summed E-state index contributed by atoms with van der Waals surface area (Å²) in [4.78, 5) is 23.7. The van der Waals surface area contributed by atoms with Gasteiger partial charge in [0.05, 0.1) is 6.61 Å². The Morgan fingerprint density at radius 2 is 2.12 bits per heavy atom. The van der Waals surface area contributed by atoms with Crippen LogP contribution in [-0.2, 0) is 14.3 Å². The fraction of sp³-hybridized carbons (Fsp3) is 0.667. The molecule has 1 rings (SSSR count). The summed E-state index contributed by atoms with van der Waals surface area (Å²) in [5.41, 5.74) is 0.00271. The quantitative estimate of drug-likeness (QED) is 0.738. The number of aliphatic carboxylic acids is 1. The van der Waals surface area contributed by atoms with E-state index in [1.807, 2.05) is 0 Å². The third kappa shape index (κ3) is 3.56. The van der Waals surface area contributed by atoms with Crippen LogP contribution in [0.1, 0.15) is 13.8 Å². The monoisotopic (exact) mass is 241 g/mol. The van der Waals surface area contributed by atoms with Gasteiger partial charge >= 0.3 is 5.97 Å². The second-order valence-corrected chi connectivity index (χ2v) is 5.03. The summed E-state index contributed by atoms with van der Waals surface area (Å²) in [7, 11) is 1.64. The van der Waals surface area contributed by atoms with E-state index in [0.29, 0.717) is 19.7 Å². The SMILES string of the molecule is COC[C@H]1CN(C(=O)/C=C/C(=O)O)CC1(C)C. The van der Waals surface area contributed by atoms with Gasteiger partial charge in [0.1, 0.15) is 0 Å². The summed E-state index contributed by atoms with van der Waals surface area (Å²) in [5, 5.41) is 8.47. The van der Waals surface area contributed by atoms with Crippen LogP contribution < -0.4 is 0 Å². The molecule has 1 atom stereocenters. The Balaban J connectivity index is 2.64. The highest BCUT2D eigenvalue weighted by atomic mass is 16.5. The molecule has 1 heterocycles. The summed E-state index contributed by atoms with van der Waals surface area (Å²) < 4.78 is 5.14. The number of amides is 1. The van der Waals surface area contributed by atoms with Gasteiger partial charge in [0.2, 0.25) is 5.91 Å². The van der Waals surface area contributed by atoms with Crippen molar-refractivity contribution in [3.05, 3.63) is 12.2 Å². The molecular formula is C12H19NO4. The van der Waals surface area contributed by atoms with Gasteiger partial charge in [-0.2, -0.15) is 0 Å². The van der Waals surface area contributed by atoms with E-state index >= 15 is 0 Å². The Kier molecular flexibility index (Phi) is 4.28. The first kappa shape index (κ1) is 13.7. The van der Waals surface area contributed by atoms with Crippen molar-refractivity contribution in [3.63, 3.8) is 0 Å².